The van der Waals surface area contributed by atoms with E-state index in [2.05, 4.69) is 0 Å². The van der Waals surface area contributed by atoms with Gasteiger partial charge < -0.3 is 4.74 Å². The molecule has 1 aliphatic rings. The molecule has 0 N–H and O–H groups in total. The Labute approximate surface area is 126 Å². The van der Waals surface area contributed by atoms with Crippen LogP contribution in [0.1, 0.15) is 26.3 Å². The van der Waals surface area contributed by atoms with E-state index in [4.69, 9.17) is 16.3 Å². The van der Waals surface area contributed by atoms with Crippen LogP contribution in [0.5, 0.6) is 5.75 Å². The van der Waals surface area contributed by atoms with Crippen molar-refractivity contribution in [2.75, 3.05) is 6.73 Å². The zero-order chi connectivity index (χ0) is 15.0. The van der Waals surface area contributed by atoms with E-state index in [1.165, 1.54) is 0 Å². The quantitative estimate of drug-likeness (QED) is 0.817. The van der Waals surface area contributed by atoms with Crippen LogP contribution in [0.15, 0.2) is 42.5 Å². The molecule has 0 fully saturated rings. The van der Waals surface area contributed by atoms with E-state index in [1.807, 2.05) is 6.92 Å². The second-order valence-corrected chi connectivity index (χ2v) is 5.20. The summed E-state index contributed by atoms with van der Waals surface area (Å²) in [7, 11) is 0. The van der Waals surface area contributed by atoms with Gasteiger partial charge in [-0.2, -0.15) is 0 Å². The molecule has 4 nitrogen and oxygen atoms in total. The van der Waals surface area contributed by atoms with Gasteiger partial charge in [-0.1, -0.05) is 23.7 Å². The molecule has 3 rings (SSSR count). The predicted molar refractivity (Wildman–Crippen MR) is 78.6 cm³/mol. The molecule has 0 bridgehead atoms. The van der Waals surface area contributed by atoms with Crippen LogP contribution >= 0.6 is 11.6 Å². The van der Waals surface area contributed by atoms with E-state index < -0.39 is 0 Å². The van der Waals surface area contributed by atoms with Crippen LogP contribution in [0, 0.1) is 6.92 Å². The standard InChI is InChI=1S/C16H12ClNO3/c1-10-8-11(17)6-7-14(10)21-9-18-15(19)12-4-2-3-5-13(12)16(18)20/h2-8H,9H2,1H3. The number of carbonyl (C=O) groups is 2. The van der Waals surface area contributed by atoms with Crippen molar-refractivity contribution in [3.05, 3.63) is 64.2 Å². The molecule has 0 aliphatic carbocycles. The van der Waals surface area contributed by atoms with Gasteiger partial charge in [0.25, 0.3) is 11.8 Å². The first-order chi connectivity index (χ1) is 10.1. The first-order valence-corrected chi connectivity index (χ1v) is 6.80. The first kappa shape index (κ1) is 13.6. The Hall–Kier alpha value is -2.33. The van der Waals surface area contributed by atoms with Crippen LogP contribution in [0.4, 0.5) is 0 Å². The van der Waals surface area contributed by atoms with E-state index in [9.17, 15) is 9.59 Å². The van der Waals surface area contributed by atoms with Crippen LogP contribution in [-0.2, 0) is 0 Å². The molecule has 0 atom stereocenters. The molecular weight excluding hydrogens is 290 g/mol. The van der Waals surface area contributed by atoms with Gasteiger partial charge in [0.2, 0.25) is 0 Å². The molecular formula is C16H12ClNO3. The summed E-state index contributed by atoms with van der Waals surface area (Å²) >= 11 is 5.88. The predicted octanol–water partition coefficient (Wildman–Crippen LogP) is 3.28. The number of halogens is 1. The highest BCUT2D eigenvalue weighted by molar-refractivity contribution is 6.30. The van der Waals surface area contributed by atoms with Crippen LogP contribution in [0.3, 0.4) is 0 Å². The van der Waals surface area contributed by atoms with E-state index in [1.54, 1.807) is 42.5 Å². The van der Waals surface area contributed by atoms with Crippen molar-refractivity contribution >= 4 is 23.4 Å². The maximum Gasteiger partial charge on any atom is 0.264 e. The Morgan fingerprint density at radius 3 is 2.24 bits per heavy atom. The monoisotopic (exact) mass is 301 g/mol. The lowest BCUT2D eigenvalue weighted by Gasteiger charge is -2.16. The molecule has 0 unspecified atom stereocenters. The van der Waals surface area contributed by atoms with Gasteiger partial charge in [-0.15, -0.1) is 0 Å². The minimum atomic E-state index is -0.331. The van der Waals surface area contributed by atoms with E-state index in [0.717, 1.165) is 10.5 Å². The number of hydrogen-bond donors (Lipinski definition) is 0. The van der Waals surface area contributed by atoms with Crippen LogP contribution in [-0.4, -0.2) is 23.4 Å². The zero-order valence-corrected chi connectivity index (χ0v) is 12.1. The summed E-state index contributed by atoms with van der Waals surface area (Å²) in [6.07, 6.45) is 0. The van der Waals surface area contributed by atoms with Crippen LogP contribution in [0.2, 0.25) is 5.02 Å². The molecule has 2 aromatic carbocycles. The summed E-state index contributed by atoms with van der Waals surface area (Å²) in [5.41, 5.74) is 1.68. The van der Waals surface area contributed by atoms with Gasteiger partial charge >= 0.3 is 0 Å². The average molecular weight is 302 g/mol. The topological polar surface area (TPSA) is 46.6 Å². The molecule has 1 heterocycles. The fourth-order valence-corrected chi connectivity index (χ4v) is 2.49. The third-order valence-corrected chi connectivity index (χ3v) is 3.60. The lowest BCUT2D eigenvalue weighted by Crippen LogP contribution is -2.33. The number of amides is 2. The molecule has 5 heteroatoms. The Morgan fingerprint density at radius 2 is 1.67 bits per heavy atom. The lowest BCUT2D eigenvalue weighted by atomic mass is 10.1. The number of benzene rings is 2. The number of imide groups is 1. The third kappa shape index (κ3) is 2.38. The van der Waals surface area contributed by atoms with E-state index in [-0.39, 0.29) is 18.5 Å². The number of nitrogens with zero attached hydrogens (tertiary/aromatic N) is 1. The summed E-state index contributed by atoms with van der Waals surface area (Å²) < 4.78 is 5.57. The number of fused-ring (bicyclic) bond motifs is 1. The highest BCUT2D eigenvalue weighted by Gasteiger charge is 2.35. The Kier molecular flexibility index (Phi) is 3.39. The van der Waals surface area contributed by atoms with Gasteiger partial charge in [-0.05, 0) is 42.8 Å². The van der Waals surface area contributed by atoms with E-state index in [0.29, 0.717) is 21.9 Å². The maximum absolute atomic E-state index is 12.2. The molecule has 106 valence electrons. The third-order valence-electron chi connectivity index (χ3n) is 3.36. The Balaban J connectivity index is 1.78. The minimum Gasteiger partial charge on any atom is -0.472 e. The molecule has 0 spiro atoms. The maximum atomic E-state index is 12.2. The zero-order valence-electron chi connectivity index (χ0n) is 11.3. The summed E-state index contributed by atoms with van der Waals surface area (Å²) in [5, 5.41) is 0.612. The average Bonchev–Trinajstić information content (AvgIpc) is 2.71. The number of aryl methyl sites for hydroxylation is 1. The molecule has 2 aromatic rings. The second kappa shape index (κ2) is 5.22. The van der Waals surface area contributed by atoms with Gasteiger partial charge in [0.15, 0.2) is 6.73 Å². The first-order valence-electron chi connectivity index (χ1n) is 6.42. The number of ether oxygens (including phenoxy) is 1. The fourth-order valence-electron chi connectivity index (χ4n) is 2.27. The second-order valence-electron chi connectivity index (χ2n) is 4.77. The minimum absolute atomic E-state index is 0.116. The number of carbonyl (C=O) groups excluding carboxylic acids is 2. The van der Waals surface area contributed by atoms with Crippen molar-refractivity contribution in [1.82, 2.24) is 4.90 Å². The lowest BCUT2D eigenvalue weighted by molar-refractivity contribution is 0.0521. The molecule has 0 saturated heterocycles. The molecule has 1 aliphatic heterocycles. The smallest absolute Gasteiger partial charge is 0.264 e. The fraction of sp³-hybridized carbons (Fsp3) is 0.125. The van der Waals surface area contributed by atoms with Crippen molar-refractivity contribution in [2.45, 2.75) is 6.92 Å². The van der Waals surface area contributed by atoms with Crippen molar-refractivity contribution in [2.24, 2.45) is 0 Å². The summed E-state index contributed by atoms with van der Waals surface area (Å²) in [5.74, 6) is -0.0691. The van der Waals surface area contributed by atoms with Gasteiger partial charge in [0, 0.05) is 5.02 Å². The van der Waals surface area contributed by atoms with Gasteiger partial charge in [0.1, 0.15) is 5.75 Å². The molecule has 2 amide bonds. The van der Waals surface area contributed by atoms with Crippen LogP contribution in [0.25, 0.3) is 0 Å². The molecule has 0 aromatic heterocycles. The highest BCUT2D eigenvalue weighted by Crippen LogP contribution is 2.25. The van der Waals surface area contributed by atoms with Crippen molar-refractivity contribution < 1.29 is 14.3 Å². The largest absolute Gasteiger partial charge is 0.472 e. The normalized spacial score (nSPS) is 13.5. The Bertz CT molecular complexity index is 707. The Morgan fingerprint density at radius 1 is 1.05 bits per heavy atom. The SMILES string of the molecule is Cc1cc(Cl)ccc1OCN1C(=O)c2ccccc2C1=O. The molecule has 0 saturated carbocycles. The summed E-state index contributed by atoms with van der Waals surface area (Å²) in [4.78, 5) is 25.4. The number of rotatable bonds is 3. The molecule has 21 heavy (non-hydrogen) atoms. The van der Waals surface area contributed by atoms with Crippen molar-refractivity contribution in [3.8, 4) is 5.75 Å². The summed E-state index contributed by atoms with van der Waals surface area (Å²) in [6.45, 7) is 1.73. The molecule has 0 radical (unpaired) electrons. The van der Waals surface area contributed by atoms with Crippen molar-refractivity contribution in [3.63, 3.8) is 0 Å². The van der Waals surface area contributed by atoms with Gasteiger partial charge in [-0.3, -0.25) is 9.59 Å². The van der Waals surface area contributed by atoms with E-state index >= 15 is 0 Å². The highest BCUT2D eigenvalue weighted by atomic mass is 35.5. The number of hydrogen-bond acceptors (Lipinski definition) is 3. The summed E-state index contributed by atoms with van der Waals surface area (Å²) in [6, 6.07) is 11.9. The van der Waals surface area contributed by atoms with Crippen LogP contribution < -0.4 is 4.74 Å². The van der Waals surface area contributed by atoms with Gasteiger partial charge in [-0.25, -0.2) is 4.90 Å². The van der Waals surface area contributed by atoms with Gasteiger partial charge in [0.05, 0.1) is 11.1 Å². The van der Waals surface area contributed by atoms with Crippen molar-refractivity contribution in [1.29, 1.82) is 0 Å².